The predicted octanol–water partition coefficient (Wildman–Crippen LogP) is -0.403. The van der Waals surface area contributed by atoms with Crippen molar-refractivity contribution < 1.29 is 14.7 Å². The minimum atomic E-state index is -1.12. The number of nitrogens with one attached hydrogen (secondary N) is 1. The lowest BCUT2D eigenvalue weighted by Gasteiger charge is -2.16. The number of carbonyl (C=O) groups is 2. The molecule has 0 radical (unpaired) electrons. The van der Waals surface area contributed by atoms with E-state index in [-0.39, 0.29) is 12.5 Å². The summed E-state index contributed by atoms with van der Waals surface area (Å²) in [5.74, 6) is -1.65. The Balaban J connectivity index is 4.10. The van der Waals surface area contributed by atoms with Gasteiger partial charge in [0, 0.05) is 6.04 Å². The van der Waals surface area contributed by atoms with Crippen molar-refractivity contribution in [2.75, 3.05) is 0 Å². The number of carboxylic acids is 1. The number of nitriles is 1. The van der Waals surface area contributed by atoms with Gasteiger partial charge in [-0.15, -0.1) is 0 Å². The lowest BCUT2D eigenvalue weighted by atomic mass is 10.1. The highest BCUT2D eigenvalue weighted by Crippen LogP contribution is 1.97. The minimum absolute atomic E-state index is 0.196. The Bertz CT molecular complexity index is 272. The molecule has 0 bridgehead atoms. The standard InChI is InChI=1S/C9H15N3O3/c1-2-6(3-4-10)12-9(15)7(11)5-8(13)14/h6-7H,2-3,5,11H2,1H3,(H,12,15)(H,13,14). The van der Waals surface area contributed by atoms with Crippen LogP contribution in [-0.2, 0) is 9.59 Å². The molecule has 0 saturated heterocycles. The second-order valence-electron chi connectivity index (χ2n) is 3.18. The van der Waals surface area contributed by atoms with E-state index < -0.39 is 24.3 Å². The maximum absolute atomic E-state index is 11.3. The monoisotopic (exact) mass is 213 g/mol. The van der Waals surface area contributed by atoms with Gasteiger partial charge >= 0.3 is 5.97 Å². The van der Waals surface area contributed by atoms with Crippen molar-refractivity contribution in [2.24, 2.45) is 5.73 Å². The summed E-state index contributed by atoms with van der Waals surface area (Å²) in [6, 6.07) is 0.610. The van der Waals surface area contributed by atoms with Gasteiger partial charge in [-0.1, -0.05) is 6.92 Å². The number of hydrogen-bond donors (Lipinski definition) is 3. The number of carboxylic acid groups (broad SMARTS) is 1. The quantitative estimate of drug-likeness (QED) is 0.555. The van der Waals surface area contributed by atoms with Crippen LogP contribution in [0.2, 0.25) is 0 Å². The van der Waals surface area contributed by atoms with Crippen molar-refractivity contribution in [1.29, 1.82) is 5.26 Å². The van der Waals surface area contributed by atoms with Crippen LogP contribution in [0, 0.1) is 11.3 Å². The third-order valence-electron chi connectivity index (χ3n) is 1.91. The molecule has 6 heteroatoms. The number of nitrogens with two attached hydrogens (primary N) is 1. The average Bonchev–Trinajstić information content (AvgIpc) is 2.15. The molecule has 0 fully saturated rings. The van der Waals surface area contributed by atoms with Gasteiger partial charge in [0.2, 0.25) is 5.91 Å². The molecule has 0 aromatic rings. The van der Waals surface area contributed by atoms with E-state index in [9.17, 15) is 9.59 Å². The maximum atomic E-state index is 11.3. The van der Waals surface area contributed by atoms with E-state index in [0.29, 0.717) is 6.42 Å². The Kier molecular flexibility index (Phi) is 6.06. The Morgan fingerprint density at radius 3 is 2.60 bits per heavy atom. The molecule has 0 aliphatic heterocycles. The summed E-state index contributed by atoms with van der Waals surface area (Å²) < 4.78 is 0. The number of rotatable bonds is 6. The first-order chi connectivity index (χ1) is 7.01. The van der Waals surface area contributed by atoms with Crippen LogP contribution in [0.3, 0.4) is 0 Å². The molecule has 2 atom stereocenters. The summed E-state index contributed by atoms with van der Waals surface area (Å²) in [5.41, 5.74) is 5.34. The molecule has 0 aliphatic rings. The van der Waals surface area contributed by atoms with Crippen LogP contribution >= 0.6 is 0 Å². The van der Waals surface area contributed by atoms with Gasteiger partial charge in [-0.25, -0.2) is 0 Å². The van der Waals surface area contributed by atoms with Crippen molar-refractivity contribution in [3.05, 3.63) is 0 Å². The van der Waals surface area contributed by atoms with Crippen LogP contribution in [0.4, 0.5) is 0 Å². The molecule has 84 valence electrons. The van der Waals surface area contributed by atoms with E-state index in [0.717, 1.165) is 0 Å². The van der Waals surface area contributed by atoms with Crippen LogP contribution in [0.15, 0.2) is 0 Å². The lowest BCUT2D eigenvalue weighted by molar-refractivity contribution is -0.139. The molecule has 0 aromatic carbocycles. The lowest BCUT2D eigenvalue weighted by Crippen LogP contribution is -2.46. The Hall–Kier alpha value is -1.61. The van der Waals surface area contributed by atoms with Crippen molar-refractivity contribution in [3.8, 4) is 6.07 Å². The summed E-state index contributed by atoms with van der Waals surface area (Å²) in [7, 11) is 0. The summed E-state index contributed by atoms with van der Waals surface area (Å²) in [4.78, 5) is 21.6. The van der Waals surface area contributed by atoms with E-state index in [2.05, 4.69) is 5.32 Å². The highest BCUT2D eigenvalue weighted by Gasteiger charge is 2.19. The first kappa shape index (κ1) is 13.4. The number of hydrogen-bond acceptors (Lipinski definition) is 4. The van der Waals surface area contributed by atoms with Crippen molar-refractivity contribution in [3.63, 3.8) is 0 Å². The Labute approximate surface area is 88.1 Å². The number of amides is 1. The normalized spacial score (nSPS) is 13.7. The smallest absolute Gasteiger partial charge is 0.305 e. The fourth-order valence-electron chi connectivity index (χ4n) is 0.997. The zero-order valence-corrected chi connectivity index (χ0v) is 8.56. The molecule has 6 nitrogen and oxygen atoms in total. The van der Waals surface area contributed by atoms with Crippen LogP contribution in [0.5, 0.6) is 0 Å². The van der Waals surface area contributed by atoms with Gasteiger partial charge in [-0.05, 0) is 6.42 Å². The first-order valence-electron chi connectivity index (χ1n) is 4.66. The van der Waals surface area contributed by atoms with Gasteiger partial charge in [-0.3, -0.25) is 9.59 Å². The summed E-state index contributed by atoms with van der Waals surface area (Å²) in [6.45, 7) is 1.82. The third kappa shape index (κ3) is 5.65. The van der Waals surface area contributed by atoms with Crippen molar-refractivity contribution >= 4 is 11.9 Å². The summed E-state index contributed by atoms with van der Waals surface area (Å²) in [6.07, 6.45) is 0.399. The Morgan fingerprint density at radius 1 is 1.60 bits per heavy atom. The van der Waals surface area contributed by atoms with E-state index in [1.54, 1.807) is 0 Å². The number of carbonyl (C=O) groups excluding carboxylic acids is 1. The van der Waals surface area contributed by atoms with E-state index in [1.807, 2.05) is 13.0 Å². The maximum Gasteiger partial charge on any atom is 0.305 e. The minimum Gasteiger partial charge on any atom is -0.481 e. The molecule has 0 saturated carbocycles. The molecule has 4 N–H and O–H groups in total. The van der Waals surface area contributed by atoms with E-state index in [4.69, 9.17) is 16.1 Å². The van der Waals surface area contributed by atoms with Crippen molar-refractivity contribution in [2.45, 2.75) is 38.3 Å². The van der Waals surface area contributed by atoms with Gasteiger partial charge in [0.05, 0.1) is 25.0 Å². The molecule has 1 amide bonds. The van der Waals surface area contributed by atoms with Gasteiger partial charge in [0.1, 0.15) is 0 Å². The van der Waals surface area contributed by atoms with Gasteiger partial charge in [0.25, 0.3) is 0 Å². The molecule has 2 unspecified atom stereocenters. The van der Waals surface area contributed by atoms with Crippen LogP contribution in [0.1, 0.15) is 26.2 Å². The largest absolute Gasteiger partial charge is 0.481 e. The van der Waals surface area contributed by atoms with Crippen molar-refractivity contribution in [1.82, 2.24) is 5.32 Å². The molecular formula is C9H15N3O3. The zero-order chi connectivity index (χ0) is 11.8. The fraction of sp³-hybridized carbons (Fsp3) is 0.667. The highest BCUT2D eigenvalue weighted by molar-refractivity contribution is 5.86. The first-order valence-corrected chi connectivity index (χ1v) is 4.66. The van der Waals surface area contributed by atoms with Gasteiger partial charge < -0.3 is 16.2 Å². The second-order valence-corrected chi connectivity index (χ2v) is 3.18. The highest BCUT2D eigenvalue weighted by atomic mass is 16.4. The zero-order valence-electron chi connectivity index (χ0n) is 8.56. The van der Waals surface area contributed by atoms with Crippen LogP contribution in [-0.4, -0.2) is 29.1 Å². The predicted molar refractivity (Wildman–Crippen MR) is 52.7 cm³/mol. The topological polar surface area (TPSA) is 116 Å². The van der Waals surface area contributed by atoms with Gasteiger partial charge in [-0.2, -0.15) is 5.26 Å². The molecule has 15 heavy (non-hydrogen) atoms. The molecule has 0 rings (SSSR count). The van der Waals surface area contributed by atoms with Crippen LogP contribution < -0.4 is 11.1 Å². The van der Waals surface area contributed by atoms with Crippen LogP contribution in [0.25, 0.3) is 0 Å². The molecule has 0 heterocycles. The Morgan fingerprint density at radius 2 is 2.20 bits per heavy atom. The third-order valence-corrected chi connectivity index (χ3v) is 1.91. The van der Waals surface area contributed by atoms with E-state index in [1.165, 1.54) is 0 Å². The average molecular weight is 213 g/mol. The number of aliphatic carboxylic acids is 1. The SMILES string of the molecule is CCC(CC#N)NC(=O)C(N)CC(=O)O. The number of nitrogens with zero attached hydrogens (tertiary/aromatic N) is 1. The second kappa shape index (κ2) is 6.79. The molecule has 0 spiro atoms. The summed E-state index contributed by atoms with van der Waals surface area (Å²) >= 11 is 0. The summed E-state index contributed by atoms with van der Waals surface area (Å²) in [5, 5.41) is 19.4. The fourth-order valence-corrected chi connectivity index (χ4v) is 0.997. The van der Waals surface area contributed by atoms with E-state index >= 15 is 0 Å². The molecular weight excluding hydrogens is 198 g/mol. The molecule has 0 aromatic heterocycles. The van der Waals surface area contributed by atoms with Gasteiger partial charge in [0.15, 0.2) is 0 Å². The molecule has 0 aliphatic carbocycles.